The molecule has 0 bridgehead atoms. The Hall–Kier alpha value is -3.34. The molecule has 3 aromatic rings. The van der Waals surface area contributed by atoms with E-state index in [-0.39, 0.29) is 54.6 Å². The van der Waals surface area contributed by atoms with Crippen molar-refractivity contribution >= 4 is 21.4 Å². The summed E-state index contributed by atoms with van der Waals surface area (Å²) in [5.41, 5.74) is 4.20. The largest absolute Gasteiger partial charge is 0.370 e. The Morgan fingerprint density at radius 3 is 2.51 bits per heavy atom. The summed E-state index contributed by atoms with van der Waals surface area (Å²) in [7, 11) is -3.56. The van der Waals surface area contributed by atoms with Crippen molar-refractivity contribution in [1.29, 1.82) is 0 Å². The molecule has 37 heavy (non-hydrogen) atoms. The third-order valence-electron chi connectivity index (χ3n) is 7.07. The fraction of sp³-hybridized carbons (Fsp3) is 0.423. The molecule has 1 fully saturated rings. The Morgan fingerprint density at radius 2 is 1.84 bits per heavy atom. The second-order valence-corrected chi connectivity index (χ2v) is 11.8. The molecule has 11 heteroatoms. The van der Waals surface area contributed by atoms with Crippen LogP contribution < -0.4 is 4.90 Å². The molecule has 196 valence electrons. The first-order chi connectivity index (χ1) is 17.6. The predicted molar refractivity (Wildman–Crippen MR) is 135 cm³/mol. The zero-order valence-electron chi connectivity index (χ0n) is 20.8. The van der Waals surface area contributed by atoms with Gasteiger partial charge in [-0.1, -0.05) is 13.8 Å². The lowest BCUT2D eigenvalue weighted by Gasteiger charge is -2.35. The van der Waals surface area contributed by atoms with Gasteiger partial charge in [0.05, 0.1) is 34.1 Å². The minimum atomic E-state index is -3.56. The molecule has 0 aliphatic carbocycles. The highest BCUT2D eigenvalue weighted by Gasteiger charge is 2.36. The van der Waals surface area contributed by atoms with Crippen LogP contribution in [0.4, 0.5) is 14.5 Å². The molecule has 2 aliphatic rings. The molecule has 0 atom stereocenters. The highest BCUT2D eigenvalue weighted by atomic mass is 32.2. The number of nitrogens with zero attached hydrogens (tertiary/aromatic N) is 5. The van der Waals surface area contributed by atoms with Gasteiger partial charge in [0.2, 0.25) is 0 Å². The Bertz CT molecular complexity index is 1420. The van der Waals surface area contributed by atoms with Gasteiger partial charge < -0.3 is 9.80 Å². The van der Waals surface area contributed by atoms with Crippen molar-refractivity contribution in [2.45, 2.75) is 57.0 Å². The average Bonchev–Trinajstić information content (AvgIpc) is 3.48. The van der Waals surface area contributed by atoms with Gasteiger partial charge >= 0.3 is 0 Å². The third-order valence-corrected chi connectivity index (χ3v) is 8.80. The minimum Gasteiger partial charge on any atom is -0.370 e. The summed E-state index contributed by atoms with van der Waals surface area (Å²) in [5, 5.41) is 4.67. The highest BCUT2D eigenvalue weighted by Crippen LogP contribution is 2.35. The van der Waals surface area contributed by atoms with Gasteiger partial charge in [-0.15, -0.1) is 0 Å². The maximum Gasteiger partial charge on any atom is 0.256 e. The molecule has 1 saturated heterocycles. The van der Waals surface area contributed by atoms with Crippen LogP contribution in [0.25, 0.3) is 5.69 Å². The summed E-state index contributed by atoms with van der Waals surface area (Å²) in [6, 6.07) is 8.27. The van der Waals surface area contributed by atoms with E-state index in [0.717, 1.165) is 29.1 Å². The molecule has 0 unspecified atom stereocenters. The molecule has 2 aliphatic heterocycles. The number of pyridine rings is 1. The van der Waals surface area contributed by atoms with Crippen molar-refractivity contribution in [3.05, 3.63) is 65.2 Å². The Kier molecular flexibility index (Phi) is 6.51. The number of fused-ring (bicyclic) bond motifs is 1. The second-order valence-electron chi connectivity index (χ2n) is 9.49. The zero-order valence-corrected chi connectivity index (χ0v) is 21.6. The molecule has 0 saturated carbocycles. The van der Waals surface area contributed by atoms with Crippen molar-refractivity contribution < 1.29 is 22.0 Å². The number of aromatic nitrogens is 3. The van der Waals surface area contributed by atoms with Crippen LogP contribution in [0, 0.1) is 0 Å². The Morgan fingerprint density at radius 1 is 1.08 bits per heavy atom. The summed E-state index contributed by atoms with van der Waals surface area (Å²) < 4.78 is 54.5. The van der Waals surface area contributed by atoms with Crippen LogP contribution in [-0.2, 0) is 29.3 Å². The summed E-state index contributed by atoms with van der Waals surface area (Å²) in [6.45, 7) is 4.35. The highest BCUT2D eigenvalue weighted by molar-refractivity contribution is 7.91. The smallest absolute Gasteiger partial charge is 0.256 e. The van der Waals surface area contributed by atoms with Crippen LogP contribution in [0.15, 0.2) is 47.6 Å². The normalized spacial score (nSPS) is 17.2. The topological polar surface area (TPSA) is 88.4 Å². The van der Waals surface area contributed by atoms with E-state index in [1.54, 1.807) is 33.7 Å². The van der Waals surface area contributed by atoms with Gasteiger partial charge in [-0.05, 0) is 36.8 Å². The number of hydrogen-bond acceptors (Lipinski definition) is 6. The lowest BCUT2D eigenvalue weighted by Crippen LogP contribution is -2.40. The molecule has 0 N–H and O–H groups in total. The predicted octanol–water partition coefficient (Wildman–Crippen LogP) is 4.01. The molecule has 1 aromatic carbocycles. The van der Waals surface area contributed by atoms with Crippen LogP contribution in [0.5, 0.6) is 0 Å². The number of amides is 1. The molecular weight excluding hydrogens is 500 g/mol. The number of alkyl halides is 2. The van der Waals surface area contributed by atoms with Crippen LogP contribution in [-0.4, -0.2) is 58.8 Å². The standard InChI is InChI=1S/C26H29F2N5O3S/c1-3-19-13-20(7-10-29-19)33-16-18-15-32(17-23(18)30-33)25(34)22-14-21(37(35,36)4-2)5-6-24(22)31-11-8-26(27,28)9-12-31/h5-7,10,13-14,16H,3-4,8-9,11-12,15,17H2,1-2H3. The molecule has 4 heterocycles. The van der Waals surface area contributed by atoms with E-state index in [9.17, 15) is 22.0 Å². The number of aryl methyl sites for hydroxylation is 1. The van der Waals surface area contributed by atoms with Gasteiger partial charge in [-0.25, -0.2) is 21.9 Å². The summed E-state index contributed by atoms with van der Waals surface area (Å²) >= 11 is 0. The monoisotopic (exact) mass is 529 g/mol. The average molecular weight is 530 g/mol. The fourth-order valence-electron chi connectivity index (χ4n) is 4.80. The van der Waals surface area contributed by atoms with Gasteiger partial charge in [-0.2, -0.15) is 5.10 Å². The van der Waals surface area contributed by atoms with Crippen LogP contribution in [0.2, 0.25) is 0 Å². The number of rotatable bonds is 6. The number of hydrogen-bond donors (Lipinski definition) is 0. The van der Waals surface area contributed by atoms with Gasteiger partial charge in [0, 0.05) is 61.8 Å². The zero-order chi connectivity index (χ0) is 26.4. The lowest BCUT2D eigenvalue weighted by molar-refractivity contribution is -0.0220. The molecule has 0 spiro atoms. The van der Waals surface area contributed by atoms with Crippen LogP contribution >= 0.6 is 0 Å². The molecule has 5 rings (SSSR count). The number of piperidine rings is 1. The van der Waals surface area contributed by atoms with Crippen molar-refractivity contribution in [2.24, 2.45) is 0 Å². The number of sulfone groups is 1. The quantitative estimate of drug-likeness (QED) is 0.480. The lowest BCUT2D eigenvalue weighted by atomic mass is 10.0. The molecule has 2 aromatic heterocycles. The summed E-state index contributed by atoms with van der Waals surface area (Å²) in [6.07, 6.45) is 3.82. The van der Waals surface area contributed by atoms with E-state index < -0.39 is 15.8 Å². The molecule has 8 nitrogen and oxygen atoms in total. The van der Waals surface area contributed by atoms with Gasteiger partial charge in [0.25, 0.3) is 11.8 Å². The Labute approximate surface area is 214 Å². The number of carbonyl (C=O) groups excluding carboxylic acids is 1. The number of benzene rings is 1. The number of anilines is 1. The van der Waals surface area contributed by atoms with E-state index in [1.165, 1.54) is 12.1 Å². The van der Waals surface area contributed by atoms with Crippen molar-refractivity contribution in [2.75, 3.05) is 23.7 Å². The van der Waals surface area contributed by atoms with Crippen LogP contribution in [0.1, 0.15) is 54.0 Å². The first-order valence-corrected chi connectivity index (χ1v) is 14.1. The van der Waals surface area contributed by atoms with Gasteiger partial charge in [-0.3, -0.25) is 9.78 Å². The van der Waals surface area contributed by atoms with Crippen molar-refractivity contribution in [3.63, 3.8) is 0 Å². The van der Waals surface area contributed by atoms with Gasteiger partial charge in [0.15, 0.2) is 9.84 Å². The van der Waals surface area contributed by atoms with Crippen molar-refractivity contribution in [3.8, 4) is 5.69 Å². The van der Waals surface area contributed by atoms with E-state index in [1.807, 2.05) is 25.3 Å². The summed E-state index contributed by atoms with van der Waals surface area (Å²) in [4.78, 5) is 21.5. The fourth-order valence-corrected chi connectivity index (χ4v) is 5.70. The second kappa shape index (κ2) is 9.51. The third kappa shape index (κ3) is 4.96. The molecule has 1 amide bonds. The number of carbonyl (C=O) groups is 1. The van der Waals surface area contributed by atoms with Crippen LogP contribution in [0.3, 0.4) is 0 Å². The maximum absolute atomic E-state index is 13.8. The minimum absolute atomic E-state index is 0.0518. The SMILES string of the molecule is CCc1cc(-n2cc3c(n2)CN(C(=O)c2cc(S(=O)(=O)CC)ccc2N2CCC(F)(F)CC2)C3)ccn1. The maximum atomic E-state index is 13.8. The van der Waals surface area contributed by atoms with E-state index >= 15 is 0 Å². The summed E-state index contributed by atoms with van der Waals surface area (Å²) in [5.74, 6) is -3.18. The van der Waals surface area contributed by atoms with E-state index in [2.05, 4.69) is 10.1 Å². The van der Waals surface area contributed by atoms with Crippen molar-refractivity contribution in [1.82, 2.24) is 19.7 Å². The number of halogens is 2. The molecular formula is C26H29F2N5O3S. The first kappa shape index (κ1) is 25.3. The van der Waals surface area contributed by atoms with Gasteiger partial charge in [0.1, 0.15) is 0 Å². The molecule has 0 radical (unpaired) electrons. The van der Waals surface area contributed by atoms with E-state index in [0.29, 0.717) is 12.2 Å². The van der Waals surface area contributed by atoms with E-state index in [4.69, 9.17) is 0 Å². The first-order valence-electron chi connectivity index (χ1n) is 12.4. The Balaban J connectivity index is 1.43.